The van der Waals surface area contributed by atoms with Crippen LogP contribution in [0.2, 0.25) is 0 Å². The van der Waals surface area contributed by atoms with E-state index < -0.39 is 10.0 Å². The molecular weight excluding hydrogens is 274 g/mol. The molecule has 0 aliphatic heterocycles. The first-order valence-electron chi connectivity index (χ1n) is 7.30. The quantitative estimate of drug-likeness (QED) is 0.652. The maximum absolute atomic E-state index is 12.3. The zero-order chi connectivity index (χ0) is 14.8. The lowest BCUT2D eigenvalue weighted by molar-refractivity contribution is 0.573. The van der Waals surface area contributed by atoms with E-state index in [1.54, 1.807) is 18.3 Å². The first-order valence-corrected chi connectivity index (χ1v) is 8.78. The Hall–Kier alpha value is -1.14. The van der Waals surface area contributed by atoms with Gasteiger partial charge in [-0.15, -0.1) is 0 Å². The van der Waals surface area contributed by atoms with Crippen LogP contribution in [-0.4, -0.2) is 26.5 Å². The lowest BCUT2D eigenvalue weighted by Gasteiger charge is -2.11. The number of hydrogen-bond donors (Lipinski definition) is 2. The molecule has 20 heavy (non-hydrogen) atoms. The van der Waals surface area contributed by atoms with Crippen LogP contribution in [0.25, 0.3) is 0 Å². The van der Waals surface area contributed by atoms with Crippen molar-refractivity contribution in [3.05, 3.63) is 18.3 Å². The van der Waals surface area contributed by atoms with Gasteiger partial charge in [0.15, 0.2) is 0 Å². The van der Waals surface area contributed by atoms with Crippen LogP contribution in [-0.2, 0) is 10.0 Å². The monoisotopic (exact) mass is 299 g/mol. The minimum absolute atomic E-state index is 0.226. The van der Waals surface area contributed by atoms with Crippen LogP contribution >= 0.6 is 0 Å². The number of anilines is 1. The number of aromatic nitrogens is 1. The molecule has 6 heteroatoms. The standard InChI is InChI=1S/C14H25N3O2S/c1-3-5-6-7-12-17-20(18,19)13-9-8-11-16-14(13)15-10-4-2/h8-9,11,17H,3-7,10,12H2,1-2H3,(H,15,16). The Morgan fingerprint density at radius 3 is 2.60 bits per heavy atom. The Labute approximate surface area is 122 Å². The Morgan fingerprint density at radius 2 is 1.90 bits per heavy atom. The molecule has 1 aromatic heterocycles. The molecule has 0 atom stereocenters. The molecule has 0 radical (unpaired) electrons. The van der Waals surface area contributed by atoms with E-state index in [-0.39, 0.29) is 4.90 Å². The third-order valence-corrected chi connectivity index (χ3v) is 4.42. The van der Waals surface area contributed by atoms with Gasteiger partial charge in [0.2, 0.25) is 10.0 Å². The Kier molecular flexibility index (Phi) is 7.54. The van der Waals surface area contributed by atoms with Crippen molar-refractivity contribution in [3.63, 3.8) is 0 Å². The molecule has 1 rings (SSSR count). The van der Waals surface area contributed by atoms with Crippen molar-refractivity contribution >= 4 is 15.8 Å². The summed E-state index contributed by atoms with van der Waals surface area (Å²) in [5, 5.41) is 3.05. The molecule has 0 saturated heterocycles. The molecule has 1 aromatic rings. The molecule has 0 unspecified atom stereocenters. The molecule has 0 spiro atoms. The summed E-state index contributed by atoms with van der Waals surface area (Å²) in [6.45, 7) is 5.34. The Morgan fingerprint density at radius 1 is 1.10 bits per heavy atom. The highest BCUT2D eigenvalue weighted by Crippen LogP contribution is 2.17. The fourth-order valence-corrected chi connectivity index (χ4v) is 3.03. The van der Waals surface area contributed by atoms with Gasteiger partial charge in [-0.2, -0.15) is 0 Å². The van der Waals surface area contributed by atoms with Crippen LogP contribution in [0.1, 0.15) is 46.0 Å². The maximum Gasteiger partial charge on any atom is 0.244 e. The van der Waals surface area contributed by atoms with Gasteiger partial charge in [-0.1, -0.05) is 33.1 Å². The van der Waals surface area contributed by atoms with Gasteiger partial charge in [-0.25, -0.2) is 18.1 Å². The predicted octanol–water partition coefficient (Wildman–Crippen LogP) is 2.76. The predicted molar refractivity (Wildman–Crippen MR) is 82.3 cm³/mol. The largest absolute Gasteiger partial charge is 0.369 e. The number of hydrogen-bond acceptors (Lipinski definition) is 4. The zero-order valence-electron chi connectivity index (χ0n) is 12.4. The molecular formula is C14H25N3O2S. The van der Waals surface area contributed by atoms with Gasteiger partial charge in [-0.3, -0.25) is 0 Å². The van der Waals surface area contributed by atoms with Crippen molar-refractivity contribution in [1.29, 1.82) is 0 Å². The van der Waals surface area contributed by atoms with Crippen molar-refractivity contribution in [3.8, 4) is 0 Å². The van der Waals surface area contributed by atoms with Crippen molar-refractivity contribution in [2.45, 2.75) is 50.8 Å². The Bertz CT molecular complexity index is 489. The van der Waals surface area contributed by atoms with E-state index in [0.29, 0.717) is 18.9 Å². The highest BCUT2D eigenvalue weighted by atomic mass is 32.2. The molecule has 2 N–H and O–H groups in total. The second-order valence-electron chi connectivity index (χ2n) is 4.74. The molecule has 0 aliphatic carbocycles. The second-order valence-corrected chi connectivity index (χ2v) is 6.47. The Balaban J connectivity index is 2.66. The summed E-state index contributed by atoms with van der Waals surface area (Å²) in [6, 6.07) is 3.22. The highest BCUT2D eigenvalue weighted by Gasteiger charge is 2.18. The summed E-state index contributed by atoms with van der Waals surface area (Å²) < 4.78 is 27.2. The fourth-order valence-electron chi connectivity index (χ4n) is 1.82. The van der Waals surface area contributed by atoms with Gasteiger partial charge in [0, 0.05) is 19.3 Å². The minimum Gasteiger partial charge on any atom is -0.369 e. The van der Waals surface area contributed by atoms with Gasteiger partial charge in [0.05, 0.1) is 0 Å². The van der Waals surface area contributed by atoms with Gasteiger partial charge < -0.3 is 5.32 Å². The number of sulfonamides is 1. The molecule has 0 amide bonds. The summed E-state index contributed by atoms with van der Waals surface area (Å²) in [7, 11) is -3.48. The molecule has 0 aliphatic rings. The van der Waals surface area contributed by atoms with Crippen molar-refractivity contribution < 1.29 is 8.42 Å². The summed E-state index contributed by atoms with van der Waals surface area (Å²) in [5.41, 5.74) is 0. The summed E-state index contributed by atoms with van der Waals surface area (Å²) in [5.74, 6) is 0.426. The average Bonchev–Trinajstić information content (AvgIpc) is 2.45. The molecule has 0 saturated carbocycles. The number of unbranched alkanes of at least 4 members (excludes halogenated alkanes) is 3. The fraction of sp³-hybridized carbons (Fsp3) is 0.643. The van der Waals surface area contributed by atoms with E-state index >= 15 is 0 Å². The third kappa shape index (κ3) is 5.46. The normalized spacial score (nSPS) is 11.5. The first-order chi connectivity index (χ1) is 9.61. The minimum atomic E-state index is -3.48. The highest BCUT2D eigenvalue weighted by molar-refractivity contribution is 7.89. The van der Waals surface area contributed by atoms with Crippen molar-refractivity contribution in [2.24, 2.45) is 0 Å². The molecule has 114 valence electrons. The zero-order valence-corrected chi connectivity index (χ0v) is 13.2. The number of nitrogens with one attached hydrogen (secondary N) is 2. The van der Waals surface area contributed by atoms with Crippen LogP contribution in [0.4, 0.5) is 5.82 Å². The second kappa shape index (κ2) is 8.92. The first kappa shape index (κ1) is 16.9. The van der Waals surface area contributed by atoms with E-state index in [1.165, 1.54) is 0 Å². The molecule has 0 fully saturated rings. The number of pyridine rings is 1. The van der Waals surface area contributed by atoms with Crippen LogP contribution in [0.15, 0.2) is 23.2 Å². The molecule has 0 aromatic carbocycles. The molecule has 5 nitrogen and oxygen atoms in total. The van der Waals surface area contributed by atoms with E-state index in [4.69, 9.17) is 0 Å². The van der Waals surface area contributed by atoms with E-state index in [9.17, 15) is 8.42 Å². The third-order valence-electron chi connectivity index (χ3n) is 2.93. The SMILES string of the molecule is CCCCCCNS(=O)(=O)c1cccnc1NCCC. The summed E-state index contributed by atoms with van der Waals surface area (Å²) >= 11 is 0. The van der Waals surface area contributed by atoms with Crippen LogP contribution in [0.5, 0.6) is 0 Å². The van der Waals surface area contributed by atoms with Gasteiger partial charge >= 0.3 is 0 Å². The van der Waals surface area contributed by atoms with Gasteiger partial charge in [0.25, 0.3) is 0 Å². The topological polar surface area (TPSA) is 71.1 Å². The van der Waals surface area contributed by atoms with Gasteiger partial charge in [0.1, 0.15) is 10.7 Å². The van der Waals surface area contributed by atoms with Crippen LogP contribution < -0.4 is 10.0 Å². The smallest absolute Gasteiger partial charge is 0.244 e. The average molecular weight is 299 g/mol. The summed E-state index contributed by atoms with van der Waals surface area (Å²) in [6.07, 6.45) is 6.70. The maximum atomic E-state index is 12.3. The van der Waals surface area contributed by atoms with E-state index in [2.05, 4.69) is 21.9 Å². The number of rotatable bonds is 10. The summed E-state index contributed by atoms with van der Waals surface area (Å²) in [4.78, 5) is 4.34. The van der Waals surface area contributed by atoms with Crippen molar-refractivity contribution in [2.75, 3.05) is 18.4 Å². The van der Waals surface area contributed by atoms with Crippen LogP contribution in [0, 0.1) is 0 Å². The molecule has 0 bridgehead atoms. The van der Waals surface area contributed by atoms with Gasteiger partial charge in [-0.05, 0) is 25.0 Å². The molecule has 1 heterocycles. The van der Waals surface area contributed by atoms with Crippen LogP contribution in [0.3, 0.4) is 0 Å². The lowest BCUT2D eigenvalue weighted by atomic mass is 10.2. The van der Waals surface area contributed by atoms with Crippen molar-refractivity contribution in [1.82, 2.24) is 9.71 Å². The van der Waals surface area contributed by atoms with E-state index in [0.717, 1.165) is 32.1 Å². The van der Waals surface area contributed by atoms with E-state index in [1.807, 2.05) is 6.92 Å². The lowest BCUT2D eigenvalue weighted by Crippen LogP contribution is -2.26. The number of nitrogens with zero attached hydrogens (tertiary/aromatic N) is 1.